The molecule has 0 saturated heterocycles. The van der Waals surface area contributed by atoms with Gasteiger partial charge in [0.05, 0.1) is 49.2 Å². The van der Waals surface area contributed by atoms with Gasteiger partial charge in [0.25, 0.3) is 0 Å². The van der Waals surface area contributed by atoms with E-state index in [4.69, 9.17) is 0 Å². The van der Waals surface area contributed by atoms with Crippen LogP contribution in [-0.4, -0.2) is 49.2 Å². The summed E-state index contributed by atoms with van der Waals surface area (Å²) < 4.78 is 0. The Morgan fingerprint density at radius 2 is 0.310 bits per heavy atom. The second-order valence-corrected chi connectivity index (χ2v) is 6.81. The van der Waals surface area contributed by atoms with Crippen LogP contribution in [0.25, 0.3) is 11.1 Å². The van der Waals surface area contributed by atoms with Gasteiger partial charge in [0.2, 0.25) is 0 Å². The summed E-state index contributed by atoms with van der Waals surface area (Å²) in [5, 5.41) is 117. The zero-order valence-corrected chi connectivity index (χ0v) is 18.6. The number of rotatable bonds is 11. The Labute approximate surface area is 219 Å². The zero-order chi connectivity index (χ0) is 32.7. The van der Waals surface area contributed by atoms with Crippen molar-refractivity contribution in [3.8, 4) is 11.1 Å². The Morgan fingerprint density at radius 1 is 0.214 bits per heavy atom. The molecule has 2 rings (SSSR count). The van der Waals surface area contributed by atoms with Crippen molar-refractivity contribution in [3.63, 3.8) is 0 Å². The molecule has 30 nitrogen and oxygen atoms in total. The van der Waals surface area contributed by atoms with E-state index < -0.39 is 117 Å². The summed E-state index contributed by atoms with van der Waals surface area (Å²) in [6.45, 7) is 0. The van der Waals surface area contributed by atoms with E-state index in [-0.39, 0.29) is 0 Å². The molecule has 0 amide bonds. The second-order valence-electron chi connectivity index (χ2n) is 6.81. The van der Waals surface area contributed by atoms with Crippen molar-refractivity contribution in [2.75, 3.05) is 0 Å². The second kappa shape index (κ2) is 10.3. The van der Waals surface area contributed by atoms with E-state index in [1.54, 1.807) is 0 Å². The first-order chi connectivity index (χ1) is 19.2. The summed E-state index contributed by atoms with van der Waals surface area (Å²) in [4.78, 5) is 95.3. The lowest BCUT2D eigenvalue weighted by Crippen LogP contribution is -2.13. The fraction of sp³-hybridized carbons (Fsp3) is 0. The quantitative estimate of drug-likeness (QED) is 0.262. The minimum atomic E-state index is -2.76. The Kier molecular flexibility index (Phi) is 7.52. The monoisotopic (exact) mass is 604 g/mol. The van der Waals surface area contributed by atoms with Crippen molar-refractivity contribution in [1.29, 1.82) is 0 Å². The van der Waals surface area contributed by atoms with Crippen LogP contribution in [0.3, 0.4) is 0 Å². The SMILES string of the molecule is O=[N+]([O-])c1c(-c2c([N+](=O)[O-])c([N+](=O)[O-])c([N+](=O)[O-])c([N+](=O)[O-])c2[N+](=O)[O-])c([N+](=O)[O-])c([N+](=O)[O-])c([N+](=O)[O-])c1[N+](=O)[O-]. The van der Waals surface area contributed by atoms with Gasteiger partial charge in [-0.25, -0.2) is 0 Å². The number of benzene rings is 2. The standard InChI is InChI=1S/C12N10O20/c23-13(24)3-1(4(14(25)26)8(18(33)34)11(21(39)40)7(3)17(31)32)2-5(15(27)28)9(19(35)36)12(22(41)42)10(20(37)38)6(2)16(29)30. The van der Waals surface area contributed by atoms with Crippen LogP contribution in [0.5, 0.6) is 0 Å². The molecule has 2 aromatic rings. The summed E-state index contributed by atoms with van der Waals surface area (Å²) >= 11 is 0. The Bertz CT molecular complexity index is 1530. The first-order valence-corrected chi connectivity index (χ1v) is 9.14. The maximum absolute atomic E-state index is 11.9. The Balaban J connectivity index is 3.93. The molecule has 0 aliphatic heterocycles. The predicted molar refractivity (Wildman–Crippen MR) is 118 cm³/mol. The summed E-state index contributed by atoms with van der Waals surface area (Å²) in [5.41, 5.74) is -32.5. The highest BCUT2D eigenvalue weighted by molar-refractivity contribution is 6.07. The number of hydrogen-bond donors (Lipinski definition) is 0. The van der Waals surface area contributed by atoms with Crippen LogP contribution in [0.1, 0.15) is 0 Å². The molecule has 0 spiro atoms. The van der Waals surface area contributed by atoms with Gasteiger partial charge in [-0.1, -0.05) is 0 Å². The van der Waals surface area contributed by atoms with Crippen molar-refractivity contribution >= 4 is 56.9 Å². The maximum Gasteiger partial charge on any atom is 0.437 e. The number of nitro groups is 10. The minimum Gasteiger partial charge on any atom is -0.258 e. The van der Waals surface area contributed by atoms with Gasteiger partial charge in [0.15, 0.2) is 11.1 Å². The van der Waals surface area contributed by atoms with Crippen molar-refractivity contribution in [2.24, 2.45) is 0 Å². The summed E-state index contributed by atoms with van der Waals surface area (Å²) in [7, 11) is 0. The van der Waals surface area contributed by atoms with Crippen molar-refractivity contribution in [1.82, 2.24) is 0 Å². The van der Waals surface area contributed by atoms with Gasteiger partial charge in [-0.15, -0.1) is 0 Å². The van der Waals surface area contributed by atoms with Crippen molar-refractivity contribution in [3.05, 3.63) is 101 Å². The summed E-state index contributed by atoms with van der Waals surface area (Å²) in [6, 6.07) is 0. The van der Waals surface area contributed by atoms with E-state index >= 15 is 0 Å². The first-order valence-electron chi connectivity index (χ1n) is 9.14. The van der Waals surface area contributed by atoms with Crippen LogP contribution < -0.4 is 0 Å². The highest BCUT2D eigenvalue weighted by Crippen LogP contribution is 2.62. The van der Waals surface area contributed by atoms with Gasteiger partial charge < -0.3 is 0 Å². The van der Waals surface area contributed by atoms with Gasteiger partial charge in [-0.2, -0.15) is 0 Å². The molecule has 0 fully saturated rings. The molecule has 0 aliphatic carbocycles. The van der Waals surface area contributed by atoms with E-state index in [0.717, 1.165) is 0 Å². The molecule has 0 bridgehead atoms. The average molecular weight is 604 g/mol. The molecule has 0 heterocycles. The number of nitrogens with zero attached hydrogens (tertiary/aromatic N) is 10. The van der Waals surface area contributed by atoms with Crippen LogP contribution in [0.2, 0.25) is 0 Å². The van der Waals surface area contributed by atoms with Crippen molar-refractivity contribution in [2.45, 2.75) is 0 Å². The summed E-state index contributed by atoms with van der Waals surface area (Å²) in [6.07, 6.45) is 0. The normalized spacial score (nSPS) is 10.4. The van der Waals surface area contributed by atoms with Gasteiger partial charge in [-0.05, 0) is 0 Å². The molecular formula is C12N10O20. The average Bonchev–Trinajstić information content (AvgIpc) is 2.83. The molecule has 30 heteroatoms. The van der Waals surface area contributed by atoms with Gasteiger partial charge in [0.1, 0.15) is 0 Å². The topological polar surface area (TPSA) is 431 Å². The molecule has 0 radical (unpaired) electrons. The van der Waals surface area contributed by atoms with E-state index in [0.29, 0.717) is 0 Å². The number of nitro benzene ring substituents is 10. The molecule has 2 aromatic carbocycles. The fourth-order valence-corrected chi connectivity index (χ4v) is 3.59. The highest BCUT2D eigenvalue weighted by atomic mass is 16.7. The van der Waals surface area contributed by atoms with Gasteiger partial charge in [-0.3, -0.25) is 101 Å². The lowest BCUT2D eigenvalue weighted by Gasteiger charge is -2.09. The smallest absolute Gasteiger partial charge is 0.258 e. The van der Waals surface area contributed by atoms with Crippen LogP contribution in [0.4, 0.5) is 56.9 Å². The lowest BCUT2D eigenvalue weighted by molar-refractivity contribution is -0.461. The van der Waals surface area contributed by atoms with E-state index in [1.165, 1.54) is 0 Å². The molecule has 0 aliphatic rings. The third kappa shape index (κ3) is 4.50. The van der Waals surface area contributed by atoms with Crippen LogP contribution >= 0.6 is 0 Å². The van der Waals surface area contributed by atoms with E-state index in [1.807, 2.05) is 0 Å². The molecule has 0 atom stereocenters. The maximum atomic E-state index is 11.9. The summed E-state index contributed by atoms with van der Waals surface area (Å²) in [5.74, 6) is 0. The van der Waals surface area contributed by atoms with Crippen LogP contribution in [0.15, 0.2) is 0 Å². The van der Waals surface area contributed by atoms with Gasteiger partial charge >= 0.3 is 56.9 Å². The van der Waals surface area contributed by atoms with Crippen molar-refractivity contribution < 1.29 is 49.2 Å². The third-order valence-corrected chi connectivity index (χ3v) is 4.82. The molecular weight excluding hydrogens is 604 g/mol. The first kappa shape index (κ1) is 30.7. The molecule has 42 heavy (non-hydrogen) atoms. The number of hydrogen-bond acceptors (Lipinski definition) is 20. The minimum absolute atomic E-state index is 2.14. The molecule has 0 N–H and O–H groups in total. The third-order valence-electron chi connectivity index (χ3n) is 4.82. The largest absolute Gasteiger partial charge is 0.437 e. The molecule has 0 saturated carbocycles. The molecule has 0 aromatic heterocycles. The van der Waals surface area contributed by atoms with Crippen LogP contribution in [-0.2, 0) is 0 Å². The van der Waals surface area contributed by atoms with E-state index in [2.05, 4.69) is 0 Å². The molecule has 218 valence electrons. The lowest BCUT2D eigenvalue weighted by atomic mass is 9.92. The Morgan fingerprint density at radius 3 is 0.405 bits per heavy atom. The van der Waals surface area contributed by atoms with Gasteiger partial charge in [0, 0.05) is 0 Å². The fourth-order valence-electron chi connectivity index (χ4n) is 3.59. The zero-order valence-electron chi connectivity index (χ0n) is 18.6. The highest BCUT2D eigenvalue weighted by Gasteiger charge is 2.61. The Hall–Kier alpha value is -7.56. The predicted octanol–water partition coefficient (Wildman–Crippen LogP) is 2.44. The molecule has 0 unspecified atom stereocenters. The van der Waals surface area contributed by atoms with Crippen LogP contribution in [0, 0.1) is 101 Å². The van der Waals surface area contributed by atoms with E-state index in [9.17, 15) is 101 Å².